The molecule has 1 heterocycles. The van der Waals surface area contributed by atoms with Crippen molar-refractivity contribution in [3.05, 3.63) is 114 Å². The number of hydrogen-bond acceptors (Lipinski definition) is 4. The van der Waals surface area contributed by atoms with Gasteiger partial charge in [-0.05, 0) is 40.1 Å². The van der Waals surface area contributed by atoms with Crippen LogP contribution in [0.2, 0.25) is 0 Å². The molecule has 4 aromatic rings. The fourth-order valence-electron chi connectivity index (χ4n) is 4.13. The molecule has 162 valence electrons. The third kappa shape index (κ3) is 4.26. The number of amides is 1. The van der Waals surface area contributed by atoms with Gasteiger partial charge in [-0.25, -0.2) is 5.01 Å². The molecule has 33 heavy (non-hydrogen) atoms. The van der Waals surface area contributed by atoms with Gasteiger partial charge in [-0.2, -0.15) is 5.10 Å². The molecule has 0 bridgehead atoms. The van der Waals surface area contributed by atoms with Gasteiger partial charge >= 0.3 is 0 Å². The summed E-state index contributed by atoms with van der Waals surface area (Å²) in [6, 6.07) is 31.0. The minimum Gasteiger partial charge on any atom is -0.483 e. The highest BCUT2D eigenvalue weighted by atomic mass is 16.5. The number of aldehydes is 1. The molecular formula is C28H22N2O3. The second-order valence-corrected chi connectivity index (χ2v) is 7.92. The van der Waals surface area contributed by atoms with Crippen LogP contribution in [0, 0.1) is 0 Å². The average Bonchev–Trinajstić information content (AvgIpc) is 3.33. The van der Waals surface area contributed by atoms with Crippen LogP contribution >= 0.6 is 0 Å². The third-order valence-corrected chi connectivity index (χ3v) is 5.83. The molecule has 0 aromatic heterocycles. The molecule has 0 spiro atoms. The maximum Gasteiger partial charge on any atom is 0.281 e. The Balaban J connectivity index is 1.44. The number of para-hydroxylation sites is 1. The van der Waals surface area contributed by atoms with Crippen molar-refractivity contribution in [2.75, 3.05) is 6.61 Å². The number of ether oxygens (including phenoxy) is 1. The van der Waals surface area contributed by atoms with Crippen LogP contribution in [-0.2, 0) is 4.79 Å². The minimum absolute atomic E-state index is 0.206. The van der Waals surface area contributed by atoms with Gasteiger partial charge in [-0.3, -0.25) is 9.59 Å². The molecule has 4 aromatic carbocycles. The molecule has 1 aliphatic rings. The first-order chi connectivity index (χ1) is 16.2. The molecule has 1 atom stereocenters. The van der Waals surface area contributed by atoms with Gasteiger partial charge in [-0.15, -0.1) is 0 Å². The van der Waals surface area contributed by atoms with Gasteiger partial charge < -0.3 is 4.74 Å². The van der Waals surface area contributed by atoms with E-state index in [1.807, 2.05) is 48.5 Å². The number of hydrogen-bond donors (Lipinski definition) is 0. The van der Waals surface area contributed by atoms with Crippen LogP contribution < -0.4 is 4.74 Å². The van der Waals surface area contributed by atoms with Crippen molar-refractivity contribution < 1.29 is 14.3 Å². The molecule has 1 amide bonds. The number of carbonyl (C=O) groups excluding carboxylic acids is 2. The Bertz CT molecular complexity index is 1350. The lowest BCUT2D eigenvalue weighted by Gasteiger charge is -2.22. The number of rotatable bonds is 6. The lowest BCUT2D eigenvalue weighted by atomic mass is 9.97. The number of benzene rings is 4. The monoisotopic (exact) mass is 434 g/mol. The Labute approximate surface area is 191 Å². The maximum atomic E-state index is 13.2. The fourth-order valence-corrected chi connectivity index (χ4v) is 4.13. The predicted molar refractivity (Wildman–Crippen MR) is 128 cm³/mol. The zero-order chi connectivity index (χ0) is 22.6. The molecule has 5 heteroatoms. The van der Waals surface area contributed by atoms with E-state index in [0.29, 0.717) is 17.7 Å². The molecule has 0 fully saturated rings. The summed E-state index contributed by atoms with van der Waals surface area (Å²) < 4.78 is 5.69. The molecule has 5 nitrogen and oxygen atoms in total. The molecule has 0 saturated heterocycles. The summed E-state index contributed by atoms with van der Waals surface area (Å²) in [6.07, 6.45) is 1.33. The van der Waals surface area contributed by atoms with Crippen molar-refractivity contribution in [2.24, 2.45) is 5.10 Å². The van der Waals surface area contributed by atoms with Crippen molar-refractivity contribution in [3.8, 4) is 5.75 Å². The van der Waals surface area contributed by atoms with Crippen molar-refractivity contribution in [2.45, 2.75) is 12.5 Å². The van der Waals surface area contributed by atoms with Crippen LogP contribution in [0.4, 0.5) is 0 Å². The van der Waals surface area contributed by atoms with E-state index in [9.17, 15) is 9.59 Å². The van der Waals surface area contributed by atoms with E-state index in [-0.39, 0.29) is 18.6 Å². The normalized spacial score (nSPS) is 15.3. The van der Waals surface area contributed by atoms with Crippen LogP contribution in [0.25, 0.3) is 10.8 Å². The van der Waals surface area contributed by atoms with Crippen molar-refractivity contribution in [1.82, 2.24) is 5.01 Å². The molecule has 0 aliphatic carbocycles. The molecule has 5 rings (SSSR count). The Kier molecular flexibility index (Phi) is 5.68. The Morgan fingerprint density at radius 1 is 0.909 bits per heavy atom. The van der Waals surface area contributed by atoms with Gasteiger partial charge in [0.15, 0.2) is 12.9 Å². The highest BCUT2D eigenvalue weighted by Crippen LogP contribution is 2.33. The van der Waals surface area contributed by atoms with E-state index in [1.165, 1.54) is 5.01 Å². The van der Waals surface area contributed by atoms with E-state index >= 15 is 0 Å². The van der Waals surface area contributed by atoms with Gasteiger partial charge in [0.05, 0.1) is 17.3 Å². The molecule has 0 radical (unpaired) electrons. The zero-order valence-electron chi connectivity index (χ0n) is 17.9. The summed E-state index contributed by atoms with van der Waals surface area (Å²) in [7, 11) is 0. The van der Waals surface area contributed by atoms with Crippen molar-refractivity contribution >= 4 is 28.7 Å². The van der Waals surface area contributed by atoms with Crippen LogP contribution in [0.5, 0.6) is 5.75 Å². The largest absolute Gasteiger partial charge is 0.483 e. The van der Waals surface area contributed by atoms with Crippen LogP contribution in [-0.4, -0.2) is 29.5 Å². The van der Waals surface area contributed by atoms with E-state index in [1.54, 1.807) is 24.3 Å². The van der Waals surface area contributed by atoms with E-state index < -0.39 is 0 Å². The van der Waals surface area contributed by atoms with Gasteiger partial charge in [0, 0.05) is 6.42 Å². The Morgan fingerprint density at radius 3 is 2.45 bits per heavy atom. The number of fused-ring (bicyclic) bond motifs is 1. The summed E-state index contributed by atoms with van der Waals surface area (Å²) in [5.74, 6) is 0.121. The first-order valence-corrected chi connectivity index (χ1v) is 10.8. The Morgan fingerprint density at radius 2 is 1.64 bits per heavy atom. The molecular weight excluding hydrogens is 412 g/mol. The van der Waals surface area contributed by atoms with Gasteiger partial charge in [-0.1, -0.05) is 78.9 Å². The standard InChI is InChI=1S/C28H22N2O3/c31-18-24-12-6-7-13-27(24)33-19-28(32)30-26(21-9-2-1-3-10-21)17-25(29-30)23-15-14-20-8-4-5-11-22(20)16-23/h1-16,18,26H,17,19H2/t26-/m1/s1. The van der Waals surface area contributed by atoms with Crippen LogP contribution in [0.1, 0.15) is 33.9 Å². The lowest BCUT2D eigenvalue weighted by Crippen LogP contribution is -2.31. The first kappa shape index (κ1) is 20.6. The summed E-state index contributed by atoms with van der Waals surface area (Å²) in [4.78, 5) is 24.5. The Hall–Kier alpha value is -4.25. The smallest absolute Gasteiger partial charge is 0.281 e. The van der Waals surface area contributed by atoms with Gasteiger partial charge in [0.25, 0.3) is 5.91 Å². The van der Waals surface area contributed by atoms with Crippen LogP contribution in [0.15, 0.2) is 102 Å². The predicted octanol–water partition coefficient (Wildman–Crippen LogP) is 5.41. The van der Waals surface area contributed by atoms with Crippen LogP contribution in [0.3, 0.4) is 0 Å². The van der Waals surface area contributed by atoms with E-state index in [4.69, 9.17) is 9.84 Å². The number of carbonyl (C=O) groups is 2. The molecule has 1 aliphatic heterocycles. The van der Waals surface area contributed by atoms with Crippen molar-refractivity contribution in [1.29, 1.82) is 0 Å². The topological polar surface area (TPSA) is 59.0 Å². The summed E-state index contributed by atoms with van der Waals surface area (Å²) in [5, 5.41) is 8.54. The van der Waals surface area contributed by atoms with Gasteiger partial charge in [0.1, 0.15) is 5.75 Å². The quantitative estimate of drug-likeness (QED) is 0.381. The SMILES string of the molecule is O=Cc1ccccc1OCC(=O)N1N=C(c2ccc3ccccc3c2)C[C@@H]1c1ccccc1. The first-order valence-electron chi connectivity index (χ1n) is 10.8. The third-order valence-electron chi connectivity index (χ3n) is 5.83. The van der Waals surface area contributed by atoms with E-state index in [2.05, 4.69) is 24.3 Å². The second-order valence-electron chi connectivity index (χ2n) is 7.92. The van der Waals surface area contributed by atoms with Crippen molar-refractivity contribution in [3.63, 3.8) is 0 Å². The number of hydrazone groups is 1. The highest BCUT2D eigenvalue weighted by Gasteiger charge is 2.33. The minimum atomic E-state index is -0.264. The summed E-state index contributed by atoms with van der Waals surface area (Å²) in [5.41, 5.74) is 3.28. The second kappa shape index (κ2) is 9.09. The molecule has 0 unspecified atom stereocenters. The molecule has 0 N–H and O–H groups in total. The molecule has 0 saturated carbocycles. The lowest BCUT2D eigenvalue weighted by molar-refractivity contribution is -0.135. The van der Waals surface area contributed by atoms with Gasteiger partial charge in [0.2, 0.25) is 0 Å². The number of nitrogens with zero attached hydrogens (tertiary/aromatic N) is 2. The fraction of sp³-hybridized carbons (Fsp3) is 0.107. The van der Waals surface area contributed by atoms with E-state index in [0.717, 1.165) is 33.9 Å². The highest BCUT2D eigenvalue weighted by molar-refractivity contribution is 6.05. The maximum absolute atomic E-state index is 13.2. The summed E-state index contributed by atoms with van der Waals surface area (Å²) in [6.45, 7) is -0.206. The zero-order valence-corrected chi connectivity index (χ0v) is 17.9. The average molecular weight is 434 g/mol. The summed E-state index contributed by atoms with van der Waals surface area (Å²) >= 11 is 0.